The molecule has 88 valence electrons. The molecule has 0 aliphatic heterocycles. The summed E-state index contributed by atoms with van der Waals surface area (Å²) in [5.74, 6) is 0.0479. The minimum atomic E-state index is -0.346. The molecule has 1 aromatic heterocycles. The van der Waals surface area contributed by atoms with Crippen LogP contribution in [0.1, 0.15) is 18.1 Å². The van der Waals surface area contributed by atoms with Gasteiger partial charge in [0.15, 0.2) is 0 Å². The van der Waals surface area contributed by atoms with Gasteiger partial charge < -0.3 is 4.74 Å². The lowest BCUT2D eigenvalue weighted by molar-refractivity contribution is -0.132. The molecule has 0 N–H and O–H groups in total. The summed E-state index contributed by atoms with van der Waals surface area (Å²) in [6.07, 6.45) is 0. The van der Waals surface area contributed by atoms with Gasteiger partial charge in [0, 0.05) is 6.92 Å². The monoisotopic (exact) mass is 247 g/mol. The van der Waals surface area contributed by atoms with E-state index < -0.39 is 0 Å². The Morgan fingerprint density at radius 2 is 2.06 bits per heavy atom. The van der Waals surface area contributed by atoms with Crippen LogP contribution < -0.4 is 4.74 Å². The van der Waals surface area contributed by atoms with Crippen LogP contribution in [0.4, 0.5) is 0 Å². The van der Waals surface area contributed by atoms with Crippen LogP contribution in [-0.4, -0.2) is 11.0 Å². The van der Waals surface area contributed by atoms with E-state index in [1.807, 2.05) is 6.07 Å². The number of benzene rings is 1. The van der Waals surface area contributed by atoms with Crippen molar-refractivity contribution in [2.75, 3.05) is 0 Å². The number of aryl methyl sites for hydroxylation is 2. The van der Waals surface area contributed by atoms with Gasteiger partial charge in [0.05, 0.1) is 10.4 Å². The molecule has 0 spiro atoms. The van der Waals surface area contributed by atoms with Crippen molar-refractivity contribution >= 4 is 17.3 Å². The minimum absolute atomic E-state index is 0.346. The second kappa shape index (κ2) is 4.67. The van der Waals surface area contributed by atoms with Crippen LogP contribution in [-0.2, 0) is 4.79 Å². The number of hydrogen-bond acceptors (Lipinski definition) is 4. The number of aromatic nitrogens is 1. The average molecular weight is 247 g/mol. The lowest BCUT2D eigenvalue weighted by Crippen LogP contribution is -2.02. The van der Waals surface area contributed by atoms with E-state index in [2.05, 4.69) is 31.0 Å². The molecule has 2 aromatic rings. The second-order valence-corrected chi connectivity index (χ2v) is 4.73. The molecule has 0 fully saturated rings. The van der Waals surface area contributed by atoms with Gasteiger partial charge in [-0.25, -0.2) is 4.98 Å². The van der Waals surface area contributed by atoms with E-state index in [0.717, 1.165) is 10.4 Å². The van der Waals surface area contributed by atoms with Crippen LogP contribution in [0, 0.1) is 13.8 Å². The highest BCUT2D eigenvalue weighted by molar-refractivity contribution is 7.13. The smallest absolute Gasteiger partial charge is 0.309 e. The zero-order valence-corrected chi connectivity index (χ0v) is 10.8. The van der Waals surface area contributed by atoms with Gasteiger partial charge in [-0.3, -0.25) is 4.79 Å². The number of esters is 1. The Labute approximate surface area is 104 Å². The number of nitrogens with zero attached hydrogens (tertiary/aromatic N) is 1. The van der Waals surface area contributed by atoms with Crippen LogP contribution in [0.15, 0.2) is 23.7 Å². The molecular weight excluding hydrogens is 234 g/mol. The molecule has 4 heteroatoms. The Morgan fingerprint density at radius 1 is 1.29 bits per heavy atom. The Balaban J connectivity index is 2.42. The number of hydrogen-bond donors (Lipinski definition) is 0. The van der Waals surface area contributed by atoms with E-state index in [0.29, 0.717) is 5.88 Å². The quantitative estimate of drug-likeness (QED) is 0.764. The van der Waals surface area contributed by atoms with Gasteiger partial charge in [-0.2, -0.15) is 0 Å². The summed E-state index contributed by atoms with van der Waals surface area (Å²) >= 11 is 1.47. The van der Waals surface area contributed by atoms with Gasteiger partial charge in [0.1, 0.15) is 0 Å². The van der Waals surface area contributed by atoms with Gasteiger partial charge in [0.25, 0.3) is 0 Å². The van der Waals surface area contributed by atoms with E-state index >= 15 is 0 Å². The highest BCUT2D eigenvalue weighted by Gasteiger charge is 2.12. The number of rotatable bonds is 2. The summed E-state index contributed by atoms with van der Waals surface area (Å²) < 4.78 is 5.07. The number of carbonyl (C=O) groups is 1. The predicted octanol–water partition coefficient (Wildman–Crippen LogP) is 3.35. The van der Waals surface area contributed by atoms with Gasteiger partial charge in [-0.05, 0) is 30.5 Å². The van der Waals surface area contributed by atoms with Crippen LogP contribution in [0.3, 0.4) is 0 Å². The minimum Gasteiger partial charge on any atom is -0.406 e. The summed E-state index contributed by atoms with van der Waals surface area (Å²) in [6, 6.07) is 6.15. The molecule has 1 aromatic carbocycles. The van der Waals surface area contributed by atoms with Gasteiger partial charge in [-0.1, -0.05) is 18.2 Å². The van der Waals surface area contributed by atoms with E-state index in [4.69, 9.17) is 4.74 Å². The first kappa shape index (κ1) is 11.8. The Morgan fingerprint density at radius 3 is 2.71 bits per heavy atom. The Kier molecular flexibility index (Phi) is 3.24. The standard InChI is InChI=1S/C13H13NO2S/c1-8-4-5-11(6-9(8)2)12-13(14-7-17-12)16-10(3)15/h4-7H,1-3H3. The summed E-state index contributed by atoms with van der Waals surface area (Å²) in [5.41, 5.74) is 5.17. The molecule has 0 amide bonds. The molecule has 0 bridgehead atoms. The largest absolute Gasteiger partial charge is 0.406 e. The third-order valence-corrected chi connectivity index (χ3v) is 3.40. The molecule has 0 saturated carbocycles. The maximum absolute atomic E-state index is 11.0. The molecule has 0 aliphatic rings. The molecule has 3 nitrogen and oxygen atoms in total. The fraction of sp³-hybridized carbons (Fsp3) is 0.231. The average Bonchev–Trinajstić information content (AvgIpc) is 2.69. The van der Waals surface area contributed by atoms with Crippen LogP contribution >= 0.6 is 11.3 Å². The molecule has 0 unspecified atom stereocenters. The van der Waals surface area contributed by atoms with E-state index in [1.54, 1.807) is 5.51 Å². The van der Waals surface area contributed by atoms with Crippen LogP contribution in [0.25, 0.3) is 10.4 Å². The molecule has 0 atom stereocenters. The third-order valence-electron chi connectivity index (χ3n) is 2.54. The van der Waals surface area contributed by atoms with E-state index in [9.17, 15) is 4.79 Å². The molecule has 1 heterocycles. The third kappa shape index (κ3) is 2.53. The van der Waals surface area contributed by atoms with Crippen molar-refractivity contribution in [3.05, 3.63) is 34.8 Å². The van der Waals surface area contributed by atoms with Gasteiger partial charge in [-0.15, -0.1) is 11.3 Å². The first-order chi connectivity index (χ1) is 8.08. The molecule has 17 heavy (non-hydrogen) atoms. The maximum Gasteiger partial charge on any atom is 0.309 e. The summed E-state index contributed by atoms with van der Waals surface area (Å²) in [7, 11) is 0. The van der Waals surface area contributed by atoms with Crippen molar-refractivity contribution in [1.82, 2.24) is 4.98 Å². The SMILES string of the molecule is CC(=O)Oc1ncsc1-c1ccc(C)c(C)c1. The van der Waals surface area contributed by atoms with Crippen LogP contribution in [0.2, 0.25) is 0 Å². The maximum atomic E-state index is 11.0. The van der Waals surface area contributed by atoms with E-state index in [1.165, 1.54) is 29.4 Å². The first-order valence-electron chi connectivity index (χ1n) is 5.27. The zero-order valence-electron chi connectivity index (χ0n) is 9.98. The van der Waals surface area contributed by atoms with Crippen LogP contribution in [0.5, 0.6) is 5.88 Å². The Bertz CT molecular complexity index is 560. The van der Waals surface area contributed by atoms with Crippen molar-refractivity contribution in [3.63, 3.8) is 0 Å². The van der Waals surface area contributed by atoms with Crippen molar-refractivity contribution in [2.45, 2.75) is 20.8 Å². The van der Waals surface area contributed by atoms with Gasteiger partial charge >= 0.3 is 5.97 Å². The van der Waals surface area contributed by atoms with Crippen molar-refractivity contribution in [3.8, 4) is 16.3 Å². The Hall–Kier alpha value is -1.68. The summed E-state index contributed by atoms with van der Waals surface area (Å²) in [5, 5.41) is 0. The molecule has 0 aliphatic carbocycles. The van der Waals surface area contributed by atoms with E-state index in [-0.39, 0.29) is 5.97 Å². The molecular formula is C13H13NO2S. The molecule has 2 rings (SSSR count). The lowest BCUT2D eigenvalue weighted by Gasteiger charge is -2.05. The highest BCUT2D eigenvalue weighted by Crippen LogP contribution is 2.34. The summed E-state index contributed by atoms with van der Waals surface area (Å²) in [4.78, 5) is 15.9. The topological polar surface area (TPSA) is 39.2 Å². The highest BCUT2D eigenvalue weighted by atomic mass is 32.1. The lowest BCUT2D eigenvalue weighted by atomic mass is 10.1. The fourth-order valence-corrected chi connectivity index (χ4v) is 2.23. The second-order valence-electron chi connectivity index (χ2n) is 3.88. The van der Waals surface area contributed by atoms with Crippen molar-refractivity contribution in [1.29, 1.82) is 0 Å². The fourth-order valence-electron chi connectivity index (χ4n) is 1.52. The normalized spacial score (nSPS) is 10.3. The first-order valence-corrected chi connectivity index (χ1v) is 6.15. The van der Waals surface area contributed by atoms with Gasteiger partial charge in [0.2, 0.25) is 5.88 Å². The van der Waals surface area contributed by atoms with Crippen molar-refractivity contribution in [2.24, 2.45) is 0 Å². The number of carbonyl (C=O) groups excluding carboxylic acids is 1. The predicted molar refractivity (Wildman–Crippen MR) is 68.3 cm³/mol. The number of ether oxygens (including phenoxy) is 1. The molecule has 0 saturated heterocycles. The zero-order chi connectivity index (χ0) is 12.4. The summed E-state index contributed by atoms with van der Waals surface area (Å²) in [6.45, 7) is 5.51. The number of thiazole rings is 1. The molecule has 0 radical (unpaired) electrons. The van der Waals surface area contributed by atoms with Crippen molar-refractivity contribution < 1.29 is 9.53 Å².